The van der Waals surface area contributed by atoms with Crippen molar-refractivity contribution in [2.75, 3.05) is 6.61 Å². The van der Waals surface area contributed by atoms with Gasteiger partial charge in [-0.1, -0.05) is 48.5 Å². The van der Waals surface area contributed by atoms with E-state index < -0.39 is 12.1 Å². The van der Waals surface area contributed by atoms with Crippen LogP contribution in [0.4, 0.5) is 0 Å². The summed E-state index contributed by atoms with van der Waals surface area (Å²) in [5.74, 6) is 0.323. The number of hydrogen-bond donors (Lipinski definition) is 0. The van der Waals surface area contributed by atoms with E-state index in [0.717, 1.165) is 5.01 Å². The average molecular weight is 426 g/mol. The number of nitrogens with zero attached hydrogens (tertiary/aromatic N) is 2. The third-order valence-electron chi connectivity index (χ3n) is 5.00. The van der Waals surface area contributed by atoms with Crippen LogP contribution in [0.2, 0.25) is 0 Å². The number of ether oxygens (including phenoxy) is 2. The summed E-state index contributed by atoms with van der Waals surface area (Å²) < 4.78 is 17.2. The molecule has 0 saturated heterocycles. The first-order valence-corrected chi connectivity index (χ1v) is 10.0. The van der Waals surface area contributed by atoms with Crippen LogP contribution in [-0.2, 0) is 9.53 Å². The minimum Gasteiger partial charge on any atom is -0.484 e. The van der Waals surface area contributed by atoms with E-state index in [0.29, 0.717) is 22.3 Å². The quantitative estimate of drug-likeness (QED) is 0.480. The molecule has 1 atom stereocenters. The van der Waals surface area contributed by atoms with Crippen molar-refractivity contribution in [2.45, 2.75) is 6.23 Å². The fourth-order valence-corrected chi connectivity index (χ4v) is 3.41. The fraction of sp³-hybridized carbons (Fsp3) is 0.0800. The maximum absolute atomic E-state index is 13.1. The first kappa shape index (κ1) is 19.6. The normalized spacial score (nSPS) is 15.3. The van der Waals surface area contributed by atoms with Gasteiger partial charge >= 0.3 is 0 Å². The van der Waals surface area contributed by atoms with Crippen LogP contribution >= 0.6 is 0 Å². The van der Waals surface area contributed by atoms with Crippen LogP contribution < -0.4 is 10.2 Å². The molecule has 7 heteroatoms. The van der Waals surface area contributed by atoms with Gasteiger partial charge in [-0.25, -0.2) is 0 Å². The molecule has 0 saturated carbocycles. The highest BCUT2D eigenvalue weighted by Gasteiger charge is 2.37. The van der Waals surface area contributed by atoms with Crippen LogP contribution in [-0.4, -0.2) is 23.4 Å². The highest BCUT2D eigenvalue weighted by atomic mass is 16.5. The molecule has 1 amide bonds. The van der Waals surface area contributed by atoms with Crippen molar-refractivity contribution in [2.24, 2.45) is 5.10 Å². The summed E-state index contributed by atoms with van der Waals surface area (Å²) in [6.45, 7) is -0.269. The summed E-state index contributed by atoms with van der Waals surface area (Å²) in [6.07, 6.45) is 0.245. The van der Waals surface area contributed by atoms with Crippen molar-refractivity contribution < 1.29 is 18.7 Å². The Morgan fingerprint density at radius 2 is 1.62 bits per heavy atom. The first-order valence-electron chi connectivity index (χ1n) is 10.0. The van der Waals surface area contributed by atoms with Gasteiger partial charge in [0.2, 0.25) is 17.6 Å². The monoisotopic (exact) mass is 426 g/mol. The van der Waals surface area contributed by atoms with Gasteiger partial charge in [-0.3, -0.25) is 9.59 Å². The van der Waals surface area contributed by atoms with Crippen molar-refractivity contribution in [3.8, 4) is 5.75 Å². The molecule has 0 radical (unpaired) electrons. The highest BCUT2D eigenvalue weighted by molar-refractivity contribution is 5.96. The number of hydrazone groups is 1. The van der Waals surface area contributed by atoms with E-state index in [-0.39, 0.29) is 23.5 Å². The second kappa shape index (κ2) is 8.39. The van der Waals surface area contributed by atoms with Crippen LogP contribution in [0.25, 0.3) is 11.0 Å². The van der Waals surface area contributed by atoms with Gasteiger partial charge in [-0.05, 0) is 36.4 Å². The molecule has 0 aliphatic carbocycles. The summed E-state index contributed by atoms with van der Waals surface area (Å²) in [7, 11) is 0. The molecule has 1 aliphatic rings. The standard InChI is InChI=1S/C25H18N2O5/c28-22(16-30-18-11-5-2-6-12-18)27-25(32-24(26-27)17-9-3-1-4-10-17)20-15-31-21-14-8-7-13-19(21)23(20)29/h1-15,25H,16H2. The number of benzene rings is 3. The molecule has 7 nitrogen and oxygen atoms in total. The molecule has 2 heterocycles. The Bertz CT molecular complexity index is 1350. The number of carbonyl (C=O) groups is 1. The molecule has 1 unspecified atom stereocenters. The van der Waals surface area contributed by atoms with E-state index in [2.05, 4.69) is 5.10 Å². The molecule has 1 aliphatic heterocycles. The number of fused-ring (bicyclic) bond motifs is 1. The minimum absolute atomic E-state index is 0.173. The van der Waals surface area contributed by atoms with Crippen molar-refractivity contribution in [3.05, 3.63) is 113 Å². The maximum atomic E-state index is 13.1. The van der Waals surface area contributed by atoms with Crippen LogP contribution in [0.5, 0.6) is 5.75 Å². The van der Waals surface area contributed by atoms with Gasteiger partial charge in [-0.2, -0.15) is 5.01 Å². The fourth-order valence-electron chi connectivity index (χ4n) is 3.41. The van der Waals surface area contributed by atoms with Gasteiger partial charge in [0.25, 0.3) is 5.91 Å². The zero-order valence-electron chi connectivity index (χ0n) is 16.9. The molecular weight excluding hydrogens is 408 g/mol. The molecule has 1 aromatic heterocycles. The zero-order chi connectivity index (χ0) is 21.9. The van der Waals surface area contributed by atoms with E-state index in [1.54, 1.807) is 36.4 Å². The number of amides is 1. The van der Waals surface area contributed by atoms with E-state index in [1.807, 2.05) is 48.5 Å². The summed E-state index contributed by atoms with van der Waals surface area (Å²) in [5.41, 5.74) is 1.02. The van der Waals surface area contributed by atoms with Crippen LogP contribution in [0, 0.1) is 0 Å². The van der Waals surface area contributed by atoms with Crippen LogP contribution in [0.3, 0.4) is 0 Å². The summed E-state index contributed by atoms with van der Waals surface area (Å²) in [5, 5.41) is 5.90. The van der Waals surface area contributed by atoms with E-state index in [1.165, 1.54) is 6.26 Å². The van der Waals surface area contributed by atoms with E-state index in [9.17, 15) is 9.59 Å². The number of hydrogen-bond acceptors (Lipinski definition) is 6. The molecule has 158 valence electrons. The van der Waals surface area contributed by atoms with Gasteiger partial charge in [0.15, 0.2) is 6.61 Å². The predicted molar refractivity (Wildman–Crippen MR) is 118 cm³/mol. The lowest BCUT2D eigenvalue weighted by Crippen LogP contribution is -2.34. The lowest BCUT2D eigenvalue weighted by atomic mass is 10.1. The van der Waals surface area contributed by atoms with Crippen LogP contribution in [0.15, 0.2) is 106 Å². The Morgan fingerprint density at radius 3 is 2.41 bits per heavy atom. The van der Waals surface area contributed by atoms with Gasteiger partial charge < -0.3 is 13.9 Å². The van der Waals surface area contributed by atoms with Gasteiger partial charge in [0, 0.05) is 5.56 Å². The Kier molecular flexibility index (Phi) is 5.13. The first-order chi connectivity index (χ1) is 15.7. The maximum Gasteiger partial charge on any atom is 0.284 e. The molecule has 4 aromatic rings. The number of carbonyl (C=O) groups excluding carboxylic acids is 1. The van der Waals surface area contributed by atoms with E-state index in [4.69, 9.17) is 13.9 Å². The molecule has 3 aromatic carbocycles. The molecule has 0 N–H and O–H groups in total. The Balaban J connectivity index is 1.49. The third kappa shape index (κ3) is 3.72. The topological polar surface area (TPSA) is 81.3 Å². The third-order valence-corrected chi connectivity index (χ3v) is 5.00. The second-order valence-electron chi connectivity index (χ2n) is 7.10. The minimum atomic E-state index is -1.07. The Morgan fingerprint density at radius 1 is 0.938 bits per heavy atom. The smallest absolute Gasteiger partial charge is 0.284 e. The van der Waals surface area contributed by atoms with E-state index >= 15 is 0 Å². The van der Waals surface area contributed by atoms with Crippen molar-refractivity contribution in [1.29, 1.82) is 0 Å². The Hall–Kier alpha value is -4.39. The average Bonchev–Trinajstić information content (AvgIpc) is 3.29. The number of rotatable bonds is 5. The second-order valence-corrected chi connectivity index (χ2v) is 7.10. The van der Waals surface area contributed by atoms with Crippen molar-refractivity contribution in [3.63, 3.8) is 0 Å². The molecular formula is C25H18N2O5. The SMILES string of the molecule is O=C(COc1ccccc1)N1N=C(c2ccccc2)OC1c1coc2ccccc2c1=O. The lowest BCUT2D eigenvalue weighted by Gasteiger charge is -2.20. The zero-order valence-corrected chi connectivity index (χ0v) is 16.9. The molecule has 0 spiro atoms. The van der Waals surface area contributed by atoms with Crippen molar-refractivity contribution in [1.82, 2.24) is 5.01 Å². The number of para-hydroxylation sites is 2. The van der Waals surface area contributed by atoms with Gasteiger partial charge in [0.1, 0.15) is 17.6 Å². The van der Waals surface area contributed by atoms with Crippen molar-refractivity contribution >= 4 is 22.8 Å². The van der Waals surface area contributed by atoms with Crippen LogP contribution in [0.1, 0.15) is 17.4 Å². The summed E-state index contributed by atoms with van der Waals surface area (Å²) in [6, 6.07) is 25.1. The molecule has 0 fully saturated rings. The highest BCUT2D eigenvalue weighted by Crippen LogP contribution is 2.30. The molecule has 5 rings (SSSR count). The van der Waals surface area contributed by atoms with Gasteiger partial charge in [0.05, 0.1) is 10.9 Å². The lowest BCUT2D eigenvalue weighted by molar-refractivity contribution is -0.140. The molecule has 32 heavy (non-hydrogen) atoms. The summed E-state index contributed by atoms with van der Waals surface area (Å²) >= 11 is 0. The largest absolute Gasteiger partial charge is 0.484 e. The molecule has 0 bridgehead atoms. The van der Waals surface area contributed by atoms with Gasteiger partial charge in [-0.15, -0.1) is 5.10 Å². The Labute approximate surface area is 183 Å². The predicted octanol–water partition coefficient (Wildman–Crippen LogP) is 4.09. The summed E-state index contributed by atoms with van der Waals surface area (Å²) in [4.78, 5) is 26.2.